The van der Waals surface area contributed by atoms with Crippen LogP contribution in [0.3, 0.4) is 0 Å². The third-order valence-electron chi connectivity index (χ3n) is 3.57. The topological polar surface area (TPSA) is 60.9 Å². The number of hydrogen-bond acceptors (Lipinski definition) is 5. The number of halogens is 1. The minimum atomic E-state index is 0.0703. The van der Waals surface area contributed by atoms with Crippen LogP contribution in [0.15, 0.2) is 39.4 Å². The van der Waals surface area contributed by atoms with Gasteiger partial charge in [-0.2, -0.15) is 0 Å². The first kappa shape index (κ1) is 14.4. The molecule has 1 aliphatic rings. The van der Waals surface area contributed by atoms with Crippen molar-refractivity contribution in [2.75, 3.05) is 20.4 Å². The molecule has 1 aromatic heterocycles. The highest BCUT2D eigenvalue weighted by Gasteiger charge is 2.23. The van der Waals surface area contributed by atoms with Crippen molar-refractivity contribution < 1.29 is 13.9 Å². The molecule has 2 N–H and O–H groups in total. The summed E-state index contributed by atoms with van der Waals surface area (Å²) in [6.07, 6.45) is 1.68. The van der Waals surface area contributed by atoms with E-state index in [0.29, 0.717) is 13.1 Å². The summed E-state index contributed by atoms with van der Waals surface area (Å²) in [5.41, 5.74) is 7.06. The van der Waals surface area contributed by atoms with Crippen LogP contribution < -0.4 is 15.2 Å². The quantitative estimate of drug-likeness (QED) is 0.896. The Morgan fingerprint density at radius 3 is 2.95 bits per heavy atom. The summed E-state index contributed by atoms with van der Waals surface area (Å²) < 4.78 is 17.2. The molecule has 0 saturated carbocycles. The first-order valence-electron chi connectivity index (χ1n) is 6.70. The lowest BCUT2D eigenvalue weighted by Crippen LogP contribution is -2.30. The van der Waals surface area contributed by atoms with Gasteiger partial charge in [-0.3, -0.25) is 4.90 Å². The number of fused-ring (bicyclic) bond motifs is 1. The maximum absolute atomic E-state index is 5.97. The minimum absolute atomic E-state index is 0.0703. The van der Waals surface area contributed by atoms with Crippen molar-refractivity contribution in [1.29, 1.82) is 0 Å². The number of benzene rings is 1. The van der Waals surface area contributed by atoms with Gasteiger partial charge in [-0.1, -0.05) is 0 Å². The van der Waals surface area contributed by atoms with E-state index < -0.39 is 0 Å². The van der Waals surface area contributed by atoms with Crippen LogP contribution in [0.5, 0.6) is 11.5 Å². The van der Waals surface area contributed by atoms with Gasteiger partial charge in [-0.15, -0.1) is 0 Å². The highest BCUT2D eigenvalue weighted by Crippen LogP contribution is 2.41. The molecule has 5 nitrogen and oxygen atoms in total. The molecule has 1 aromatic carbocycles. The van der Waals surface area contributed by atoms with Gasteiger partial charge >= 0.3 is 0 Å². The fraction of sp³-hybridized carbons (Fsp3) is 0.333. The van der Waals surface area contributed by atoms with Crippen LogP contribution in [0.25, 0.3) is 0 Å². The molecule has 1 aliphatic heterocycles. The van der Waals surface area contributed by atoms with Gasteiger partial charge in [0.25, 0.3) is 0 Å². The van der Waals surface area contributed by atoms with E-state index in [0.717, 1.165) is 27.3 Å². The molecule has 1 atom stereocenters. The van der Waals surface area contributed by atoms with E-state index in [1.807, 2.05) is 31.3 Å². The Morgan fingerprint density at radius 1 is 1.38 bits per heavy atom. The lowest BCUT2D eigenvalue weighted by molar-refractivity contribution is 0.173. The van der Waals surface area contributed by atoms with Gasteiger partial charge in [0.2, 0.25) is 6.79 Å². The van der Waals surface area contributed by atoms with Crippen LogP contribution in [-0.4, -0.2) is 25.3 Å². The van der Waals surface area contributed by atoms with Crippen molar-refractivity contribution in [1.82, 2.24) is 4.90 Å². The molecule has 0 amide bonds. The first-order chi connectivity index (χ1) is 10.2. The maximum atomic E-state index is 5.97. The third kappa shape index (κ3) is 2.92. The predicted molar refractivity (Wildman–Crippen MR) is 82.2 cm³/mol. The van der Waals surface area contributed by atoms with Crippen molar-refractivity contribution in [3.05, 3.63) is 46.3 Å². The van der Waals surface area contributed by atoms with E-state index in [1.165, 1.54) is 0 Å². The molecule has 21 heavy (non-hydrogen) atoms. The molecule has 2 aromatic rings. The van der Waals surface area contributed by atoms with E-state index in [1.54, 1.807) is 6.26 Å². The number of likely N-dealkylation sites (N-methyl/N-ethyl adjacent to an activating group) is 1. The summed E-state index contributed by atoms with van der Waals surface area (Å²) >= 11 is 3.52. The second-order valence-corrected chi connectivity index (χ2v) is 5.84. The summed E-state index contributed by atoms with van der Waals surface area (Å²) in [4.78, 5) is 2.16. The van der Waals surface area contributed by atoms with Crippen LogP contribution in [0.1, 0.15) is 17.4 Å². The fourth-order valence-electron chi connectivity index (χ4n) is 2.51. The smallest absolute Gasteiger partial charge is 0.231 e. The fourth-order valence-corrected chi connectivity index (χ4v) is 3.08. The molecule has 0 spiro atoms. The summed E-state index contributed by atoms with van der Waals surface area (Å²) in [7, 11) is 2.03. The van der Waals surface area contributed by atoms with Gasteiger partial charge < -0.3 is 19.6 Å². The van der Waals surface area contributed by atoms with E-state index in [2.05, 4.69) is 20.8 Å². The van der Waals surface area contributed by atoms with Crippen LogP contribution in [0.2, 0.25) is 0 Å². The third-order valence-corrected chi connectivity index (χ3v) is 4.16. The highest BCUT2D eigenvalue weighted by atomic mass is 79.9. The second kappa shape index (κ2) is 6.09. The average Bonchev–Trinajstić information content (AvgIpc) is 3.10. The Hall–Kier alpha value is -1.50. The van der Waals surface area contributed by atoms with Gasteiger partial charge in [-0.25, -0.2) is 0 Å². The first-order valence-corrected chi connectivity index (χ1v) is 7.50. The van der Waals surface area contributed by atoms with Gasteiger partial charge in [-0.05, 0) is 52.8 Å². The molecule has 0 radical (unpaired) electrons. The maximum Gasteiger partial charge on any atom is 0.231 e. The Labute approximate surface area is 131 Å². The number of ether oxygens (including phenoxy) is 2. The lowest BCUT2D eigenvalue weighted by atomic mass is 10.0. The van der Waals surface area contributed by atoms with Crippen LogP contribution in [0, 0.1) is 0 Å². The number of nitrogens with zero attached hydrogens (tertiary/aromatic N) is 1. The molecule has 1 unspecified atom stereocenters. The molecule has 0 fully saturated rings. The predicted octanol–water partition coefficient (Wildman–Crippen LogP) is 2.90. The zero-order valence-corrected chi connectivity index (χ0v) is 13.3. The zero-order valence-electron chi connectivity index (χ0n) is 11.7. The van der Waals surface area contributed by atoms with Crippen molar-refractivity contribution in [2.24, 2.45) is 5.73 Å². The standard InChI is InChI=1S/C15H17BrN2O3/c1-18(8-11-3-2-4-19-11)13(7-17)10-5-12(16)15-14(6-10)20-9-21-15/h2-6,13H,7-9,17H2,1H3. The number of rotatable bonds is 5. The molecule has 0 bridgehead atoms. The normalized spacial score (nSPS) is 14.7. The lowest BCUT2D eigenvalue weighted by Gasteiger charge is -2.27. The molecule has 3 rings (SSSR count). The van der Waals surface area contributed by atoms with Crippen LogP contribution in [0.4, 0.5) is 0 Å². The number of nitrogens with two attached hydrogens (primary N) is 1. The second-order valence-electron chi connectivity index (χ2n) is 4.98. The molecule has 6 heteroatoms. The average molecular weight is 353 g/mol. The monoisotopic (exact) mass is 352 g/mol. The summed E-state index contributed by atoms with van der Waals surface area (Å²) in [5, 5.41) is 0. The minimum Gasteiger partial charge on any atom is -0.468 e. The van der Waals surface area contributed by atoms with Gasteiger partial charge in [0.1, 0.15) is 5.76 Å². The van der Waals surface area contributed by atoms with Crippen LogP contribution >= 0.6 is 15.9 Å². The molecule has 0 saturated heterocycles. The Morgan fingerprint density at radius 2 is 2.24 bits per heavy atom. The van der Waals surface area contributed by atoms with Crippen molar-refractivity contribution in [3.63, 3.8) is 0 Å². The molecular weight excluding hydrogens is 336 g/mol. The van der Waals surface area contributed by atoms with Gasteiger partial charge in [0.15, 0.2) is 11.5 Å². The van der Waals surface area contributed by atoms with Crippen molar-refractivity contribution in [3.8, 4) is 11.5 Å². The van der Waals surface area contributed by atoms with Crippen LogP contribution in [-0.2, 0) is 6.54 Å². The molecular formula is C15H17BrN2O3. The Kier molecular flexibility index (Phi) is 4.19. The van der Waals surface area contributed by atoms with Gasteiger partial charge in [0.05, 0.1) is 17.3 Å². The number of hydrogen-bond donors (Lipinski definition) is 1. The summed E-state index contributed by atoms with van der Waals surface area (Å²) in [6.45, 7) is 1.46. The largest absolute Gasteiger partial charge is 0.468 e. The van der Waals surface area contributed by atoms with Gasteiger partial charge in [0, 0.05) is 12.6 Å². The van der Waals surface area contributed by atoms with E-state index in [-0.39, 0.29) is 12.8 Å². The molecule has 2 heterocycles. The highest BCUT2D eigenvalue weighted by molar-refractivity contribution is 9.10. The molecule has 112 valence electrons. The Bertz CT molecular complexity index is 616. The SMILES string of the molecule is CN(Cc1ccco1)C(CN)c1cc(Br)c2c(c1)OCO2. The van der Waals surface area contributed by atoms with E-state index in [4.69, 9.17) is 19.6 Å². The Balaban J connectivity index is 1.84. The summed E-state index contributed by atoms with van der Waals surface area (Å²) in [6, 6.07) is 7.94. The molecule has 0 aliphatic carbocycles. The zero-order chi connectivity index (χ0) is 14.8. The van der Waals surface area contributed by atoms with Crippen molar-refractivity contribution in [2.45, 2.75) is 12.6 Å². The summed E-state index contributed by atoms with van der Waals surface area (Å²) in [5.74, 6) is 2.42. The van der Waals surface area contributed by atoms with E-state index in [9.17, 15) is 0 Å². The van der Waals surface area contributed by atoms with Crippen molar-refractivity contribution >= 4 is 15.9 Å². The van der Waals surface area contributed by atoms with E-state index >= 15 is 0 Å². The number of furan rings is 1.